The molecule has 0 atom stereocenters. The van der Waals surface area contributed by atoms with Gasteiger partial charge in [-0.3, -0.25) is 20.3 Å². The largest absolute Gasteiger partial charge is 0.481 e. The number of carboxylic acids is 1. The molecule has 0 aromatic heterocycles. The van der Waals surface area contributed by atoms with E-state index in [0.717, 1.165) is 6.07 Å². The van der Waals surface area contributed by atoms with Gasteiger partial charge >= 0.3 is 5.97 Å². The molecule has 0 saturated heterocycles. The SMILES string of the molecule is O=C(O)COc1ccccc1/C=N/Nc1ccc(S(=O)(=O)Nc2ccc(Cl)cc2)cc1[N+](=O)[O-]. The van der Waals surface area contributed by atoms with E-state index in [1.807, 2.05) is 0 Å². The van der Waals surface area contributed by atoms with Crippen LogP contribution in [0.2, 0.25) is 5.02 Å². The van der Waals surface area contributed by atoms with Crippen LogP contribution in [-0.2, 0) is 14.8 Å². The molecule has 3 aromatic carbocycles. The Morgan fingerprint density at radius 2 is 1.85 bits per heavy atom. The second-order valence-corrected chi connectivity index (χ2v) is 8.76. The Hall–Kier alpha value is -4.16. The van der Waals surface area contributed by atoms with Crippen molar-refractivity contribution in [2.24, 2.45) is 5.10 Å². The van der Waals surface area contributed by atoms with Crippen LogP contribution in [0, 0.1) is 10.1 Å². The zero-order valence-electron chi connectivity index (χ0n) is 17.2. The van der Waals surface area contributed by atoms with Crippen LogP contribution < -0.4 is 14.9 Å². The van der Waals surface area contributed by atoms with Crippen LogP contribution in [0.15, 0.2) is 76.7 Å². The van der Waals surface area contributed by atoms with Gasteiger partial charge in [-0.2, -0.15) is 5.10 Å². The Morgan fingerprint density at radius 1 is 1.15 bits per heavy atom. The molecule has 0 aliphatic heterocycles. The van der Waals surface area contributed by atoms with Crippen molar-refractivity contribution in [1.29, 1.82) is 0 Å². The summed E-state index contributed by atoms with van der Waals surface area (Å²) in [5, 5.41) is 24.6. The number of para-hydroxylation sites is 1. The third-order valence-electron chi connectivity index (χ3n) is 4.23. The van der Waals surface area contributed by atoms with E-state index in [9.17, 15) is 23.3 Å². The normalized spacial score (nSPS) is 11.2. The van der Waals surface area contributed by atoms with Crippen molar-refractivity contribution in [3.05, 3.63) is 87.4 Å². The number of carbonyl (C=O) groups is 1. The van der Waals surface area contributed by atoms with Crippen molar-refractivity contribution in [3.63, 3.8) is 0 Å². The quantitative estimate of drug-likeness (QED) is 0.212. The van der Waals surface area contributed by atoms with Gasteiger partial charge in [-0.15, -0.1) is 0 Å². The Balaban J connectivity index is 1.81. The van der Waals surface area contributed by atoms with Crippen LogP contribution in [0.1, 0.15) is 5.56 Å². The van der Waals surface area contributed by atoms with Gasteiger partial charge in [0.1, 0.15) is 11.4 Å². The number of carboxylic acid groups (broad SMARTS) is 1. The van der Waals surface area contributed by atoms with Crippen LogP contribution in [0.25, 0.3) is 0 Å². The Kier molecular flexibility index (Phi) is 7.66. The lowest BCUT2D eigenvalue weighted by atomic mass is 10.2. The monoisotopic (exact) mass is 504 g/mol. The molecule has 0 saturated carbocycles. The maximum Gasteiger partial charge on any atom is 0.341 e. The Morgan fingerprint density at radius 3 is 2.53 bits per heavy atom. The number of hydrazone groups is 1. The molecule has 3 aromatic rings. The van der Waals surface area contributed by atoms with Gasteiger partial charge in [-0.05, 0) is 48.5 Å². The fourth-order valence-electron chi connectivity index (χ4n) is 2.69. The molecule has 13 heteroatoms. The van der Waals surface area contributed by atoms with Crippen molar-refractivity contribution in [3.8, 4) is 5.75 Å². The first-order valence-electron chi connectivity index (χ1n) is 9.45. The minimum absolute atomic E-state index is 0.0596. The van der Waals surface area contributed by atoms with Crippen molar-refractivity contribution in [1.82, 2.24) is 0 Å². The highest BCUT2D eigenvalue weighted by Crippen LogP contribution is 2.29. The maximum atomic E-state index is 12.6. The molecule has 0 spiro atoms. The molecule has 176 valence electrons. The number of benzene rings is 3. The van der Waals surface area contributed by atoms with Crippen LogP contribution in [0.5, 0.6) is 5.75 Å². The van der Waals surface area contributed by atoms with Crippen molar-refractivity contribution in [2.45, 2.75) is 4.90 Å². The predicted molar refractivity (Wildman–Crippen MR) is 126 cm³/mol. The molecule has 3 rings (SSSR count). The van der Waals surface area contributed by atoms with Crippen molar-refractivity contribution < 1.29 is 28.0 Å². The third kappa shape index (κ3) is 6.43. The van der Waals surface area contributed by atoms with Gasteiger partial charge in [0, 0.05) is 22.3 Å². The average molecular weight is 505 g/mol. The lowest BCUT2D eigenvalue weighted by Gasteiger charge is -2.10. The van der Waals surface area contributed by atoms with Gasteiger partial charge in [-0.1, -0.05) is 23.7 Å². The fraction of sp³-hybridized carbons (Fsp3) is 0.0476. The molecule has 0 aliphatic carbocycles. The Labute approximate surface area is 198 Å². The fourth-order valence-corrected chi connectivity index (χ4v) is 3.89. The highest BCUT2D eigenvalue weighted by Gasteiger charge is 2.21. The van der Waals surface area contributed by atoms with Gasteiger partial charge in [0.25, 0.3) is 15.7 Å². The first-order valence-corrected chi connectivity index (χ1v) is 11.3. The zero-order chi connectivity index (χ0) is 24.7. The van der Waals surface area contributed by atoms with Gasteiger partial charge in [0.15, 0.2) is 6.61 Å². The predicted octanol–water partition coefficient (Wildman–Crippen LogP) is 3.96. The molecular formula is C21H17ClN4O7S. The molecule has 0 heterocycles. The lowest BCUT2D eigenvalue weighted by Crippen LogP contribution is -2.13. The number of nitrogens with one attached hydrogen (secondary N) is 2. The lowest BCUT2D eigenvalue weighted by molar-refractivity contribution is -0.384. The number of aliphatic carboxylic acids is 1. The summed E-state index contributed by atoms with van der Waals surface area (Å²) in [6.45, 7) is -0.552. The maximum absolute atomic E-state index is 12.6. The molecular weight excluding hydrogens is 488 g/mol. The molecule has 3 N–H and O–H groups in total. The van der Waals surface area contributed by atoms with E-state index < -0.39 is 33.2 Å². The molecule has 0 aliphatic rings. The summed E-state index contributed by atoms with van der Waals surface area (Å²) < 4.78 is 32.8. The minimum atomic E-state index is -4.11. The number of sulfonamides is 1. The Bertz CT molecular complexity index is 1350. The van der Waals surface area contributed by atoms with E-state index in [2.05, 4.69) is 15.2 Å². The van der Waals surface area contributed by atoms with Gasteiger partial charge in [-0.25, -0.2) is 13.2 Å². The highest BCUT2D eigenvalue weighted by atomic mass is 35.5. The summed E-state index contributed by atoms with van der Waals surface area (Å²) in [4.78, 5) is 21.2. The highest BCUT2D eigenvalue weighted by molar-refractivity contribution is 7.92. The number of anilines is 2. The second-order valence-electron chi connectivity index (χ2n) is 6.64. The van der Waals surface area contributed by atoms with Crippen LogP contribution in [-0.4, -0.2) is 37.2 Å². The zero-order valence-corrected chi connectivity index (χ0v) is 18.8. The molecule has 0 fully saturated rings. The summed E-state index contributed by atoms with van der Waals surface area (Å²) >= 11 is 5.79. The smallest absolute Gasteiger partial charge is 0.341 e. The molecule has 0 unspecified atom stereocenters. The topological polar surface area (TPSA) is 160 Å². The van der Waals surface area contributed by atoms with Crippen LogP contribution in [0.3, 0.4) is 0 Å². The first-order chi connectivity index (χ1) is 16.2. The van der Waals surface area contributed by atoms with E-state index in [1.165, 1.54) is 42.6 Å². The summed E-state index contributed by atoms with van der Waals surface area (Å²) in [5.41, 5.74) is 2.57. The summed E-state index contributed by atoms with van der Waals surface area (Å²) in [6.07, 6.45) is 1.29. The number of rotatable bonds is 10. The number of nitrogens with zero attached hydrogens (tertiary/aromatic N) is 2. The second kappa shape index (κ2) is 10.6. The molecule has 0 amide bonds. The molecule has 0 bridgehead atoms. The third-order valence-corrected chi connectivity index (χ3v) is 5.86. The van der Waals surface area contributed by atoms with Gasteiger partial charge in [0.2, 0.25) is 0 Å². The molecule has 34 heavy (non-hydrogen) atoms. The van der Waals surface area contributed by atoms with Gasteiger partial charge < -0.3 is 9.84 Å². The summed E-state index contributed by atoms with van der Waals surface area (Å²) in [7, 11) is -4.11. The van der Waals surface area contributed by atoms with Crippen molar-refractivity contribution in [2.75, 3.05) is 16.8 Å². The minimum Gasteiger partial charge on any atom is -0.481 e. The number of halogens is 1. The van der Waals surface area contributed by atoms with E-state index in [1.54, 1.807) is 24.3 Å². The number of hydrogen-bond acceptors (Lipinski definition) is 8. The van der Waals surface area contributed by atoms with Crippen LogP contribution in [0.4, 0.5) is 17.1 Å². The van der Waals surface area contributed by atoms with E-state index in [-0.39, 0.29) is 22.0 Å². The van der Waals surface area contributed by atoms with Crippen LogP contribution >= 0.6 is 11.6 Å². The molecule has 0 radical (unpaired) electrons. The standard InChI is InChI=1S/C21H17ClN4O7S/c22-15-5-7-16(8-6-15)25-34(31,32)17-9-10-18(19(11-17)26(29)30)24-23-12-14-3-1-2-4-20(14)33-13-21(27)28/h1-12,24-25H,13H2,(H,27,28)/b23-12+. The number of nitro benzene ring substituents is 1. The summed E-state index contributed by atoms with van der Waals surface area (Å²) in [6, 6.07) is 15.7. The number of ether oxygens (including phenoxy) is 1. The van der Waals surface area contributed by atoms with E-state index >= 15 is 0 Å². The van der Waals surface area contributed by atoms with Gasteiger partial charge in [0.05, 0.1) is 16.0 Å². The molecule has 11 nitrogen and oxygen atoms in total. The summed E-state index contributed by atoms with van der Waals surface area (Å²) in [5.74, 6) is -0.902. The first kappa shape index (κ1) is 24.5. The van der Waals surface area contributed by atoms with E-state index in [4.69, 9.17) is 21.4 Å². The number of hydrogen-bond donors (Lipinski definition) is 3. The number of nitro groups is 1. The average Bonchev–Trinajstić information content (AvgIpc) is 2.79. The van der Waals surface area contributed by atoms with Crippen molar-refractivity contribution >= 4 is 50.9 Å². The van der Waals surface area contributed by atoms with E-state index in [0.29, 0.717) is 10.6 Å².